The molecule has 0 aliphatic carbocycles. The number of hydrogen-bond acceptors (Lipinski definition) is 3. The first-order valence-electron chi connectivity index (χ1n) is 9.05. The second kappa shape index (κ2) is 8.84. The molecule has 1 aromatic carbocycles. The molecule has 0 spiro atoms. The van der Waals surface area contributed by atoms with Gasteiger partial charge in [0, 0.05) is 19.6 Å². The molecule has 2 aliphatic rings. The summed E-state index contributed by atoms with van der Waals surface area (Å²) in [5, 5.41) is 3.50. The average molecular weight is 351 g/mol. The van der Waals surface area contributed by atoms with Crippen LogP contribution in [0, 0.1) is 11.8 Å². The van der Waals surface area contributed by atoms with E-state index in [0.717, 1.165) is 38.6 Å². The van der Waals surface area contributed by atoms with Crippen LogP contribution in [0.4, 0.5) is 5.69 Å². The summed E-state index contributed by atoms with van der Waals surface area (Å²) in [6, 6.07) is 7.38. The van der Waals surface area contributed by atoms with Crippen LogP contribution in [-0.4, -0.2) is 43.7 Å². The maximum atomic E-state index is 12.1. The highest BCUT2D eigenvalue weighted by molar-refractivity contribution is 6.33. The number of benzene rings is 1. The Balaban J connectivity index is 1.34. The summed E-state index contributed by atoms with van der Waals surface area (Å²) in [5.41, 5.74) is 0.706. The molecule has 5 heteroatoms. The van der Waals surface area contributed by atoms with E-state index in [-0.39, 0.29) is 5.91 Å². The Morgan fingerprint density at radius 3 is 2.71 bits per heavy atom. The Hall–Kier alpha value is -1.10. The number of ether oxygens (including phenoxy) is 1. The fourth-order valence-corrected chi connectivity index (χ4v) is 3.84. The van der Waals surface area contributed by atoms with E-state index in [2.05, 4.69) is 10.2 Å². The van der Waals surface area contributed by atoms with E-state index < -0.39 is 0 Å². The van der Waals surface area contributed by atoms with Crippen molar-refractivity contribution in [2.75, 3.05) is 38.2 Å². The summed E-state index contributed by atoms with van der Waals surface area (Å²) in [6.45, 7) is 5.37. The molecule has 1 amide bonds. The van der Waals surface area contributed by atoms with Crippen molar-refractivity contribution < 1.29 is 9.53 Å². The van der Waals surface area contributed by atoms with Crippen molar-refractivity contribution in [1.29, 1.82) is 0 Å². The lowest BCUT2D eigenvalue weighted by Crippen LogP contribution is -2.37. The lowest BCUT2D eigenvalue weighted by atomic mass is 9.91. The average Bonchev–Trinajstić information content (AvgIpc) is 3.09. The molecule has 2 saturated heterocycles. The Labute approximate surface area is 149 Å². The number of hydrogen-bond donors (Lipinski definition) is 1. The number of piperidine rings is 1. The summed E-state index contributed by atoms with van der Waals surface area (Å²) in [5.74, 6) is 1.45. The zero-order valence-corrected chi connectivity index (χ0v) is 14.9. The molecule has 0 radical (unpaired) electrons. The number of halogens is 1. The quantitative estimate of drug-likeness (QED) is 0.848. The highest BCUT2D eigenvalue weighted by Gasteiger charge is 2.24. The predicted octanol–water partition coefficient (Wildman–Crippen LogP) is 3.81. The number of amides is 1. The Morgan fingerprint density at radius 1 is 1.21 bits per heavy atom. The number of rotatable bonds is 6. The van der Waals surface area contributed by atoms with Crippen molar-refractivity contribution in [3.8, 4) is 0 Å². The van der Waals surface area contributed by atoms with Crippen LogP contribution in [-0.2, 0) is 9.53 Å². The highest BCUT2D eigenvalue weighted by Crippen LogP contribution is 2.25. The highest BCUT2D eigenvalue weighted by atomic mass is 35.5. The van der Waals surface area contributed by atoms with Crippen LogP contribution in [0.1, 0.15) is 32.1 Å². The second-order valence-electron chi connectivity index (χ2n) is 7.04. The minimum Gasteiger partial charge on any atom is -0.381 e. The first kappa shape index (κ1) is 17.7. The van der Waals surface area contributed by atoms with E-state index in [1.54, 1.807) is 6.07 Å². The molecule has 4 nitrogen and oxygen atoms in total. The van der Waals surface area contributed by atoms with E-state index in [0.29, 0.717) is 23.0 Å². The molecule has 24 heavy (non-hydrogen) atoms. The first-order chi connectivity index (χ1) is 11.7. The van der Waals surface area contributed by atoms with Gasteiger partial charge in [-0.3, -0.25) is 4.79 Å². The summed E-state index contributed by atoms with van der Waals surface area (Å²) >= 11 is 6.07. The molecule has 2 fully saturated rings. The van der Waals surface area contributed by atoms with E-state index >= 15 is 0 Å². The molecule has 0 saturated carbocycles. The fraction of sp³-hybridized carbons (Fsp3) is 0.632. The topological polar surface area (TPSA) is 41.6 Å². The molecular formula is C19H27ClN2O2. The minimum absolute atomic E-state index is 0.0635. The Bertz CT molecular complexity index is 538. The third-order valence-electron chi connectivity index (χ3n) is 5.18. The summed E-state index contributed by atoms with van der Waals surface area (Å²) in [6.07, 6.45) is 5.16. The van der Waals surface area contributed by atoms with Gasteiger partial charge in [-0.05, 0) is 62.7 Å². The summed E-state index contributed by atoms with van der Waals surface area (Å²) < 4.78 is 5.46. The third-order valence-corrected chi connectivity index (χ3v) is 5.50. The number of nitrogens with one attached hydrogen (secondary N) is 1. The molecule has 2 heterocycles. The Morgan fingerprint density at radius 2 is 2.00 bits per heavy atom. The zero-order chi connectivity index (χ0) is 16.8. The number of likely N-dealkylation sites (tertiary alicyclic amines) is 1. The molecule has 2 aliphatic heterocycles. The molecule has 3 rings (SSSR count). The van der Waals surface area contributed by atoms with E-state index in [1.807, 2.05) is 18.2 Å². The maximum absolute atomic E-state index is 12.1. The van der Waals surface area contributed by atoms with Gasteiger partial charge >= 0.3 is 0 Å². The molecule has 0 unspecified atom stereocenters. The summed E-state index contributed by atoms with van der Waals surface area (Å²) in [7, 11) is 0. The Kier molecular flexibility index (Phi) is 6.52. The van der Waals surface area contributed by atoms with Gasteiger partial charge in [0.25, 0.3) is 0 Å². The van der Waals surface area contributed by atoms with Crippen LogP contribution in [0.3, 0.4) is 0 Å². The molecule has 1 atom stereocenters. The monoisotopic (exact) mass is 350 g/mol. The van der Waals surface area contributed by atoms with E-state index in [9.17, 15) is 4.79 Å². The number of nitrogens with zero attached hydrogens (tertiary/aromatic N) is 1. The molecule has 1 N–H and O–H groups in total. The minimum atomic E-state index is 0.0635. The fourth-order valence-electron chi connectivity index (χ4n) is 3.66. The van der Waals surface area contributed by atoms with Gasteiger partial charge in [-0.15, -0.1) is 0 Å². The predicted molar refractivity (Wildman–Crippen MR) is 97.4 cm³/mol. The second-order valence-corrected chi connectivity index (χ2v) is 7.45. The SMILES string of the molecule is O=C(CCC1CCN(C[C@H]2CCOC2)CC1)Nc1ccccc1Cl. The molecule has 1 aromatic rings. The van der Waals surface area contributed by atoms with Crippen molar-refractivity contribution >= 4 is 23.2 Å². The standard InChI is InChI=1S/C19H27ClN2O2/c20-17-3-1-2-4-18(17)21-19(23)6-5-15-7-10-22(11-8-15)13-16-9-12-24-14-16/h1-4,15-16H,5-14H2,(H,21,23)/t16-/m1/s1. The van der Waals surface area contributed by atoms with Crippen LogP contribution in [0.25, 0.3) is 0 Å². The van der Waals surface area contributed by atoms with Gasteiger partial charge in [-0.2, -0.15) is 0 Å². The van der Waals surface area contributed by atoms with Gasteiger partial charge < -0.3 is 15.0 Å². The van der Waals surface area contributed by atoms with Crippen LogP contribution < -0.4 is 5.32 Å². The maximum Gasteiger partial charge on any atom is 0.224 e. The van der Waals surface area contributed by atoms with Crippen molar-refractivity contribution in [3.05, 3.63) is 29.3 Å². The van der Waals surface area contributed by atoms with Gasteiger partial charge in [0.05, 0.1) is 17.3 Å². The van der Waals surface area contributed by atoms with Gasteiger partial charge in [-0.1, -0.05) is 23.7 Å². The van der Waals surface area contributed by atoms with Crippen LogP contribution in [0.2, 0.25) is 5.02 Å². The molecule has 0 bridgehead atoms. The first-order valence-corrected chi connectivity index (χ1v) is 9.43. The summed E-state index contributed by atoms with van der Waals surface area (Å²) in [4.78, 5) is 14.7. The van der Waals surface area contributed by atoms with Crippen LogP contribution >= 0.6 is 11.6 Å². The van der Waals surface area contributed by atoms with Crippen molar-refractivity contribution in [3.63, 3.8) is 0 Å². The van der Waals surface area contributed by atoms with Gasteiger partial charge in [-0.25, -0.2) is 0 Å². The normalized spacial score (nSPS) is 22.6. The smallest absolute Gasteiger partial charge is 0.224 e. The number of anilines is 1. The molecule has 0 aromatic heterocycles. The molecular weight excluding hydrogens is 324 g/mol. The third kappa shape index (κ3) is 5.20. The van der Waals surface area contributed by atoms with Crippen molar-refractivity contribution in [1.82, 2.24) is 4.90 Å². The zero-order valence-electron chi connectivity index (χ0n) is 14.2. The van der Waals surface area contributed by atoms with Crippen LogP contribution in [0.5, 0.6) is 0 Å². The van der Waals surface area contributed by atoms with E-state index in [1.165, 1.54) is 25.8 Å². The largest absolute Gasteiger partial charge is 0.381 e. The van der Waals surface area contributed by atoms with Crippen LogP contribution in [0.15, 0.2) is 24.3 Å². The van der Waals surface area contributed by atoms with E-state index in [4.69, 9.17) is 16.3 Å². The molecule has 132 valence electrons. The number of para-hydroxylation sites is 1. The number of carbonyl (C=O) groups is 1. The lowest BCUT2D eigenvalue weighted by Gasteiger charge is -2.33. The number of carbonyl (C=O) groups excluding carboxylic acids is 1. The lowest BCUT2D eigenvalue weighted by molar-refractivity contribution is -0.116. The van der Waals surface area contributed by atoms with Crippen molar-refractivity contribution in [2.24, 2.45) is 11.8 Å². The van der Waals surface area contributed by atoms with Crippen molar-refractivity contribution in [2.45, 2.75) is 32.1 Å². The van der Waals surface area contributed by atoms with Gasteiger partial charge in [0.2, 0.25) is 5.91 Å². The van der Waals surface area contributed by atoms with Gasteiger partial charge in [0.1, 0.15) is 0 Å². The van der Waals surface area contributed by atoms with Gasteiger partial charge in [0.15, 0.2) is 0 Å².